The molecule has 2 N–H and O–H groups in total. The second-order valence-corrected chi connectivity index (χ2v) is 6.86. The molecule has 0 fully saturated rings. The van der Waals surface area contributed by atoms with Gasteiger partial charge in [-0.05, 0) is 24.3 Å². The second kappa shape index (κ2) is 6.27. The molecule has 0 atom stereocenters. The molecule has 1 aromatic carbocycles. The molecule has 1 heterocycles. The van der Waals surface area contributed by atoms with Gasteiger partial charge in [0.25, 0.3) is 5.91 Å². The average Bonchev–Trinajstić information content (AvgIpc) is 2.87. The van der Waals surface area contributed by atoms with E-state index in [1.54, 1.807) is 24.3 Å². The first-order valence-corrected chi connectivity index (χ1v) is 7.78. The first-order chi connectivity index (χ1) is 10.3. The fraction of sp³-hybridized carbons (Fsp3) is 0.312. The minimum Gasteiger partial charge on any atom is -0.326 e. The van der Waals surface area contributed by atoms with Crippen LogP contribution in [0.25, 0.3) is 0 Å². The molecule has 0 saturated heterocycles. The monoisotopic (exact) mass is 317 g/mol. The molecule has 0 aliphatic carbocycles. The molecule has 0 aliphatic heterocycles. The molecular weight excluding hydrogens is 298 g/mol. The molecule has 0 aliphatic rings. The van der Waals surface area contributed by atoms with Crippen LogP contribution >= 0.6 is 11.3 Å². The van der Waals surface area contributed by atoms with E-state index < -0.39 is 0 Å². The largest absolute Gasteiger partial charge is 0.326 e. The van der Waals surface area contributed by atoms with E-state index in [9.17, 15) is 9.59 Å². The highest BCUT2D eigenvalue weighted by molar-refractivity contribution is 7.14. The zero-order valence-electron chi connectivity index (χ0n) is 13.1. The molecule has 22 heavy (non-hydrogen) atoms. The topological polar surface area (TPSA) is 71.1 Å². The van der Waals surface area contributed by atoms with Gasteiger partial charge >= 0.3 is 0 Å². The number of nitrogens with one attached hydrogen (secondary N) is 2. The summed E-state index contributed by atoms with van der Waals surface area (Å²) >= 11 is 1.41. The number of benzene rings is 1. The Bertz CT molecular complexity index is 684. The van der Waals surface area contributed by atoms with Gasteiger partial charge < -0.3 is 5.32 Å². The molecule has 2 rings (SSSR count). The highest BCUT2D eigenvalue weighted by atomic mass is 32.1. The maximum absolute atomic E-state index is 12.2. The number of nitrogens with zero attached hydrogens (tertiary/aromatic N) is 1. The second-order valence-electron chi connectivity index (χ2n) is 6.00. The highest BCUT2D eigenvalue weighted by Crippen LogP contribution is 2.26. The summed E-state index contributed by atoms with van der Waals surface area (Å²) in [6, 6.07) is 6.72. The number of carbonyl (C=O) groups excluding carboxylic acids is 2. The maximum Gasteiger partial charge on any atom is 0.257 e. The van der Waals surface area contributed by atoms with Crippen LogP contribution in [0.3, 0.4) is 0 Å². The SMILES string of the molecule is CC(=O)Nc1ccc(C(=O)Nc2nc(C(C)(C)C)cs2)cc1. The van der Waals surface area contributed by atoms with Gasteiger partial charge in [0.1, 0.15) is 0 Å². The first-order valence-electron chi connectivity index (χ1n) is 6.91. The summed E-state index contributed by atoms with van der Waals surface area (Å²) in [5.74, 6) is -0.362. The van der Waals surface area contributed by atoms with Crippen molar-refractivity contribution in [2.45, 2.75) is 33.1 Å². The molecule has 2 aromatic rings. The Morgan fingerprint density at radius 2 is 1.73 bits per heavy atom. The fourth-order valence-electron chi connectivity index (χ4n) is 1.75. The number of hydrogen-bond donors (Lipinski definition) is 2. The van der Waals surface area contributed by atoms with Crippen LogP contribution in [-0.4, -0.2) is 16.8 Å². The summed E-state index contributed by atoms with van der Waals surface area (Å²) in [4.78, 5) is 27.6. The maximum atomic E-state index is 12.2. The summed E-state index contributed by atoms with van der Waals surface area (Å²) in [5, 5.41) is 7.99. The Morgan fingerprint density at radius 3 is 2.23 bits per heavy atom. The third-order valence-electron chi connectivity index (χ3n) is 2.96. The third kappa shape index (κ3) is 4.14. The van der Waals surface area contributed by atoms with E-state index in [4.69, 9.17) is 0 Å². The zero-order valence-corrected chi connectivity index (χ0v) is 13.9. The van der Waals surface area contributed by atoms with Crippen molar-refractivity contribution in [3.63, 3.8) is 0 Å². The molecule has 2 amide bonds. The number of anilines is 2. The number of aromatic nitrogens is 1. The lowest BCUT2D eigenvalue weighted by atomic mass is 9.93. The lowest BCUT2D eigenvalue weighted by molar-refractivity contribution is -0.114. The van der Waals surface area contributed by atoms with Crippen molar-refractivity contribution in [3.8, 4) is 0 Å². The minimum absolute atomic E-state index is 0.0422. The van der Waals surface area contributed by atoms with Crippen LogP contribution in [0.4, 0.5) is 10.8 Å². The van der Waals surface area contributed by atoms with Gasteiger partial charge in [-0.3, -0.25) is 14.9 Å². The molecule has 116 valence electrons. The molecule has 1 aromatic heterocycles. The number of thiazole rings is 1. The van der Waals surface area contributed by atoms with Crippen molar-refractivity contribution >= 4 is 34.0 Å². The molecule has 5 nitrogen and oxygen atoms in total. The number of hydrogen-bond acceptors (Lipinski definition) is 4. The summed E-state index contributed by atoms with van der Waals surface area (Å²) < 4.78 is 0. The van der Waals surface area contributed by atoms with Gasteiger partial charge in [-0.2, -0.15) is 0 Å². The number of rotatable bonds is 3. The van der Waals surface area contributed by atoms with Crippen LogP contribution in [0.1, 0.15) is 43.7 Å². The molecular formula is C16H19N3O2S. The first kappa shape index (κ1) is 16.2. The molecule has 0 bridgehead atoms. The van der Waals surface area contributed by atoms with Gasteiger partial charge in [-0.25, -0.2) is 4.98 Å². The smallest absolute Gasteiger partial charge is 0.257 e. The lowest BCUT2D eigenvalue weighted by Gasteiger charge is -2.14. The standard InChI is InChI=1S/C16H19N3O2S/c1-10(20)17-12-7-5-11(6-8-12)14(21)19-15-18-13(9-22-15)16(2,3)4/h5-9H,1-4H3,(H,17,20)(H,18,19,21). The lowest BCUT2D eigenvalue weighted by Crippen LogP contribution is -2.14. The highest BCUT2D eigenvalue weighted by Gasteiger charge is 2.18. The van der Waals surface area contributed by atoms with E-state index in [2.05, 4.69) is 36.4 Å². The van der Waals surface area contributed by atoms with Gasteiger partial charge in [0, 0.05) is 29.0 Å². The van der Waals surface area contributed by atoms with Gasteiger partial charge in [-0.1, -0.05) is 20.8 Å². The molecule has 0 radical (unpaired) electrons. The van der Waals surface area contributed by atoms with Crippen molar-refractivity contribution in [3.05, 3.63) is 40.9 Å². The van der Waals surface area contributed by atoms with E-state index in [0.717, 1.165) is 5.69 Å². The van der Waals surface area contributed by atoms with Crippen LogP contribution < -0.4 is 10.6 Å². The van der Waals surface area contributed by atoms with Gasteiger partial charge in [0.05, 0.1) is 5.69 Å². The van der Waals surface area contributed by atoms with Crippen LogP contribution in [0.15, 0.2) is 29.6 Å². The Balaban J connectivity index is 2.06. The summed E-state index contributed by atoms with van der Waals surface area (Å²) in [6.07, 6.45) is 0. The van der Waals surface area contributed by atoms with Crippen LogP contribution in [-0.2, 0) is 10.2 Å². The summed E-state index contributed by atoms with van der Waals surface area (Å²) in [7, 11) is 0. The van der Waals surface area contributed by atoms with E-state index in [1.165, 1.54) is 18.3 Å². The quantitative estimate of drug-likeness (QED) is 0.907. The van der Waals surface area contributed by atoms with Gasteiger partial charge in [-0.15, -0.1) is 11.3 Å². The molecule has 6 heteroatoms. The predicted octanol–water partition coefficient (Wildman–Crippen LogP) is 3.65. The minimum atomic E-state index is -0.218. The van der Waals surface area contributed by atoms with Gasteiger partial charge in [0.2, 0.25) is 5.91 Å². The number of carbonyl (C=O) groups is 2. The van der Waals surface area contributed by atoms with Gasteiger partial charge in [0.15, 0.2) is 5.13 Å². The number of amides is 2. The molecule has 0 saturated carbocycles. The fourth-order valence-corrected chi connectivity index (χ4v) is 2.69. The van der Waals surface area contributed by atoms with E-state index in [1.807, 2.05) is 5.38 Å². The van der Waals surface area contributed by atoms with Crippen LogP contribution in [0, 0.1) is 0 Å². The molecule has 0 unspecified atom stereocenters. The van der Waals surface area contributed by atoms with E-state index in [0.29, 0.717) is 16.4 Å². The average molecular weight is 317 g/mol. The zero-order chi connectivity index (χ0) is 16.3. The van der Waals surface area contributed by atoms with Crippen LogP contribution in [0.5, 0.6) is 0 Å². The summed E-state index contributed by atoms with van der Waals surface area (Å²) in [5.41, 5.74) is 2.09. The summed E-state index contributed by atoms with van der Waals surface area (Å²) in [6.45, 7) is 7.67. The van der Waals surface area contributed by atoms with Crippen molar-refractivity contribution in [2.75, 3.05) is 10.6 Å². The normalized spacial score (nSPS) is 11.1. The van der Waals surface area contributed by atoms with Crippen molar-refractivity contribution in [1.82, 2.24) is 4.98 Å². The Kier molecular flexibility index (Phi) is 4.61. The van der Waals surface area contributed by atoms with Crippen molar-refractivity contribution in [1.29, 1.82) is 0 Å². The Hall–Kier alpha value is -2.21. The van der Waals surface area contributed by atoms with Crippen molar-refractivity contribution in [2.24, 2.45) is 0 Å². The van der Waals surface area contributed by atoms with E-state index >= 15 is 0 Å². The van der Waals surface area contributed by atoms with E-state index in [-0.39, 0.29) is 17.2 Å². The Labute approximate surface area is 133 Å². The Morgan fingerprint density at radius 1 is 1.09 bits per heavy atom. The third-order valence-corrected chi connectivity index (χ3v) is 3.72. The predicted molar refractivity (Wildman–Crippen MR) is 89.5 cm³/mol. The van der Waals surface area contributed by atoms with Crippen LogP contribution in [0.2, 0.25) is 0 Å². The van der Waals surface area contributed by atoms with Crippen molar-refractivity contribution < 1.29 is 9.59 Å². The molecule has 0 spiro atoms.